The van der Waals surface area contributed by atoms with Crippen LogP contribution in [0.25, 0.3) is 0 Å². The molecule has 1 aromatic rings. The van der Waals surface area contributed by atoms with Gasteiger partial charge in [0.1, 0.15) is 0 Å². The first-order valence-electron chi connectivity index (χ1n) is 8.00. The van der Waals surface area contributed by atoms with E-state index in [9.17, 15) is 8.42 Å². The third-order valence-corrected chi connectivity index (χ3v) is 6.77. The van der Waals surface area contributed by atoms with Gasteiger partial charge in [0.25, 0.3) is 0 Å². The summed E-state index contributed by atoms with van der Waals surface area (Å²) in [6.07, 6.45) is 0.935. The Kier molecular flexibility index (Phi) is 4.54. The summed E-state index contributed by atoms with van der Waals surface area (Å²) >= 11 is 0. The minimum absolute atomic E-state index is 0.364. The highest BCUT2D eigenvalue weighted by Crippen LogP contribution is 2.25. The molecule has 0 aromatic heterocycles. The summed E-state index contributed by atoms with van der Waals surface area (Å²) in [5.41, 5.74) is 2.15. The molecule has 6 heteroatoms. The minimum atomic E-state index is -3.36. The Balaban J connectivity index is 1.74. The summed E-state index contributed by atoms with van der Waals surface area (Å²) < 4.78 is 27.3. The van der Waals surface area contributed by atoms with E-state index in [1.807, 2.05) is 19.9 Å². The number of benzene rings is 1. The van der Waals surface area contributed by atoms with E-state index in [4.69, 9.17) is 0 Å². The van der Waals surface area contributed by atoms with Crippen LogP contribution in [0.3, 0.4) is 0 Å². The van der Waals surface area contributed by atoms with Gasteiger partial charge in [0, 0.05) is 45.3 Å². The van der Waals surface area contributed by atoms with Crippen LogP contribution < -0.4 is 5.32 Å². The number of nitrogens with one attached hydrogen (secondary N) is 1. The van der Waals surface area contributed by atoms with Crippen LogP contribution in [0, 0.1) is 13.8 Å². The fraction of sp³-hybridized carbons (Fsp3) is 0.625. The Labute approximate surface area is 133 Å². The summed E-state index contributed by atoms with van der Waals surface area (Å²) in [6, 6.07) is 5.79. The van der Waals surface area contributed by atoms with Crippen LogP contribution in [0.15, 0.2) is 23.1 Å². The van der Waals surface area contributed by atoms with Crippen LogP contribution in [-0.4, -0.2) is 62.9 Å². The molecular weight excluding hydrogens is 298 g/mol. The lowest BCUT2D eigenvalue weighted by atomic mass is 10.1. The van der Waals surface area contributed by atoms with Gasteiger partial charge in [-0.3, -0.25) is 4.90 Å². The molecule has 2 fully saturated rings. The van der Waals surface area contributed by atoms with Crippen LogP contribution in [-0.2, 0) is 10.0 Å². The van der Waals surface area contributed by atoms with Crippen molar-refractivity contribution in [2.75, 3.05) is 39.3 Å². The molecular formula is C16H25N3O2S. The highest BCUT2D eigenvalue weighted by Gasteiger charge is 2.35. The maximum Gasteiger partial charge on any atom is 0.243 e. The van der Waals surface area contributed by atoms with E-state index >= 15 is 0 Å². The third kappa shape index (κ3) is 3.06. The second-order valence-electron chi connectivity index (χ2n) is 6.34. The molecule has 2 aliphatic rings. The Hall–Kier alpha value is -0.950. The number of nitrogens with zero attached hydrogens (tertiary/aromatic N) is 2. The molecule has 2 aliphatic heterocycles. The zero-order chi connectivity index (χ0) is 15.7. The highest BCUT2D eigenvalue weighted by atomic mass is 32.2. The number of hydrogen-bond donors (Lipinski definition) is 1. The standard InChI is InChI=1S/C16H25N3O2S/c1-13-3-4-16(11-14(13)2)22(20,21)19-8-5-15(12-19)18-9-6-17-7-10-18/h3-4,11,15,17H,5-10,12H2,1-2H3. The number of sulfonamides is 1. The monoisotopic (exact) mass is 323 g/mol. The Morgan fingerprint density at radius 1 is 1.09 bits per heavy atom. The molecule has 0 aliphatic carbocycles. The Morgan fingerprint density at radius 2 is 1.82 bits per heavy atom. The molecule has 122 valence electrons. The lowest BCUT2D eigenvalue weighted by Crippen LogP contribution is -2.49. The van der Waals surface area contributed by atoms with E-state index in [0.717, 1.165) is 43.7 Å². The van der Waals surface area contributed by atoms with Crippen molar-refractivity contribution in [1.29, 1.82) is 0 Å². The van der Waals surface area contributed by atoms with Gasteiger partial charge in [-0.15, -0.1) is 0 Å². The fourth-order valence-electron chi connectivity index (χ4n) is 3.30. The summed E-state index contributed by atoms with van der Waals surface area (Å²) in [4.78, 5) is 2.85. The van der Waals surface area contributed by atoms with Gasteiger partial charge in [-0.05, 0) is 43.5 Å². The molecule has 3 rings (SSSR count). The van der Waals surface area contributed by atoms with E-state index < -0.39 is 10.0 Å². The smallest absolute Gasteiger partial charge is 0.243 e. The minimum Gasteiger partial charge on any atom is -0.314 e. The van der Waals surface area contributed by atoms with Crippen LogP contribution in [0.4, 0.5) is 0 Å². The van der Waals surface area contributed by atoms with Crippen molar-refractivity contribution in [2.45, 2.75) is 31.2 Å². The maximum atomic E-state index is 12.8. The second-order valence-corrected chi connectivity index (χ2v) is 8.28. The first-order valence-corrected chi connectivity index (χ1v) is 9.44. The molecule has 0 amide bonds. The molecule has 1 unspecified atom stereocenters. The van der Waals surface area contributed by atoms with Crippen LogP contribution >= 0.6 is 0 Å². The van der Waals surface area contributed by atoms with Crippen molar-refractivity contribution in [3.8, 4) is 0 Å². The molecule has 22 heavy (non-hydrogen) atoms. The van der Waals surface area contributed by atoms with Crippen LogP contribution in [0.2, 0.25) is 0 Å². The molecule has 1 N–H and O–H groups in total. The summed E-state index contributed by atoms with van der Waals surface area (Å²) in [5, 5.41) is 3.34. The summed E-state index contributed by atoms with van der Waals surface area (Å²) in [6.45, 7) is 9.24. The fourth-order valence-corrected chi connectivity index (χ4v) is 4.88. The van der Waals surface area contributed by atoms with Gasteiger partial charge in [0.15, 0.2) is 0 Å². The van der Waals surface area contributed by atoms with Crippen LogP contribution in [0.1, 0.15) is 17.5 Å². The molecule has 0 saturated carbocycles. The molecule has 1 atom stereocenters. The SMILES string of the molecule is Cc1ccc(S(=O)(=O)N2CCC(N3CCNCC3)C2)cc1C. The second kappa shape index (κ2) is 6.28. The van der Waals surface area contributed by atoms with E-state index in [2.05, 4.69) is 10.2 Å². The van der Waals surface area contributed by atoms with Gasteiger partial charge in [-0.1, -0.05) is 6.07 Å². The van der Waals surface area contributed by atoms with Crippen molar-refractivity contribution in [2.24, 2.45) is 0 Å². The van der Waals surface area contributed by atoms with Gasteiger partial charge < -0.3 is 5.32 Å². The topological polar surface area (TPSA) is 52.7 Å². The Morgan fingerprint density at radius 3 is 2.50 bits per heavy atom. The van der Waals surface area contributed by atoms with Gasteiger partial charge >= 0.3 is 0 Å². The molecule has 0 bridgehead atoms. The number of hydrogen-bond acceptors (Lipinski definition) is 4. The first kappa shape index (κ1) is 15.9. The van der Waals surface area contributed by atoms with E-state index in [-0.39, 0.29) is 0 Å². The zero-order valence-electron chi connectivity index (χ0n) is 13.4. The summed E-state index contributed by atoms with van der Waals surface area (Å²) in [5.74, 6) is 0. The number of piperazine rings is 1. The molecule has 2 saturated heterocycles. The molecule has 0 spiro atoms. The first-order chi connectivity index (χ1) is 10.5. The largest absolute Gasteiger partial charge is 0.314 e. The lowest BCUT2D eigenvalue weighted by Gasteiger charge is -2.32. The molecule has 5 nitrogen and oxygen atoms in total. The average Bonchev–Trinajstić information content (AvgIpc) is 3.01. The summed E-state index contributed by atoms with van der Waals surface area (Å²) in [7, 11) is -3.36. The predicted octanol–water partition coefficient (Wildman–Crippen LogP) is 0.972. The van der Waals surface area contributed by atoms with E-state index in [0.29, 0.717) is 24.0 Å². The normalized spacial score (nSPS) is 24.7. The Bertz CT molecular complexity index is 639. The van der Waals surface area contributed by atoms with Gasteiger partial charge in [-0.2, -0.15) is 4.31 Å². The lowest BCUT2D eigenvalue weighted by molar-refractivity contribution is 0.179. The van der Waals surface area contributed by atoms with E-state index in [1.165, 1.54) is 0 Å². The molecule has 0 radical (unpaired) electrons. The number of aryl methyl sites for hydroxylation is 2. The van der Waals surface area contributed by atoms with E-state index in [1.54, 1.807) is 16.4 Å². The highest BCUT2D eigenvalue weighted by molar-refractivity contribution is 7.89. The molecule has 2 heterocycles. The van der Waals surface area contributed by atoms with Crippen molar-refractivity contribution in [3.63, 3.8) is 0 Å². The zero-order valence-corrected chi connectivity index (χ0v) is 14.2. The predicted molar refractivity (Wildman–Crippen MR) is 87.5 cm³/mol. The van der Waals surface area contributed by atoms with Crippen molar-refractivity contribution < 1.29 is 8.42 Å². The maximum absolute atomic E-state index is 12.8. The van der Waals surface area contributed by atoms with Crippen LogP contribution in [0.5, 0.6) is 0 Å². The van der Waals surface area contributed by atoms with Crippen molar-refractivity contribution in [3.05, 3.63) is 29.3 Å². The third-order valence-electron chi connectivity index (χ3n) is 4.91. The van der Waals surface area contributed by atoms with Crippen molar-refractivity contribution >= 4 is 10.0 Å². The quantitative estimate of drug-likeness (QED) is 0.901. The molecule has 1 aromatic carbocycles. The van der Waals surface area contributed by atoms with Crippen molar-refractivity contribution in [1.82, 2.24) is 14.5 Å². The average molecular weight is 323 g/mol. The van der Waals surface area contributed by atoms with Gasteiger partial charge in [-0.25, -0.2) is 8.42 Å². The van der Waals surface area contributed by atoms with Gasteiger partial charge in [0.05, 0.1) is 4.90 Å². The van der Waals surface area contributed by atoms with Gasteiger partial charge in [0.2, 0.25) is 10.0 Å². The number of rotatable bonds is 3.